The van der Waals surface area contributed by atoms with Crippen LogP contribution in [-0.4, -0.2) is 80.8 Å². The number of methoxy groups -OCH3 is 1. The highest BCUT2D eigenvalue weighted by atomic mass is 16.5. The van der Waals surface area contributed by atoms with Crippen molar-refractivity contribution in [2.45, 2.75) is 12.1 Å². The predicted octanol–water partition coefficient (Wildman–Crippen LogP) is -0.352. The van der Waals surface area contributed by atoms with Gasteiger partial charge in [-0.15, -0.1) is 5.10 Å². The topological polar surface area (TPSA) is 81.3 Å². The van der Waals surface area contributed by atoms with Crippen molar-refractivity contribution in [2.75, 3.05) is 34.3 Å². The monoisotopic (exact) mass is 319 g/mol. The van der Waals surface area contributed by atoms with E-state index in [2.05, 4.69) is 20.3 Å². The number of ether oxygens (including phenoxy) is 1. The van der Waals surface area contributed by atoms with E-state index in [1.54, 1.807) is 31.2 Å². The van der Waals surface area contributed by atoms with Crippen LogP contribution in [0.25, 0.3) is 0 Å². The first-order chi connectivity index (χ1) is 11.0. The summed E-state index contributed by atoms with van der Waals surface area (Å²) >= 11 is 0. The van der Waals surface area contributed by atoms with E-state index < -0.39 is 0 Å². The molecule has 23 heavy (non-hydrogen) atoms. The largest absolute Gasteiger partial charge is 0.481 e. The second-order valence-corrected chi connectivity index (χ2v) is 5.88. The van der Waals surface area contributed by atoms with Gasteiger partial charge in [0.25, 0.3) is 5.91 Å². The summed E-state index contributed by atoms with van der Waals surface area (Å²) in [6, 6.07) is 0.238. The van der Waals surface area contributed by atoms with Gasteiger partial charge in [0.2, 0.25) is 5.88 Å². The first-order valence-electron chi connectivity index (χ1n) is 7.40. The maximum atomic E-state index is 12.9. The number of likely N-dealkylation sites (N-methyl/N-ethyl adjacent to an activating group) is 1. The Morgan fingerprint density at radius 2 is 2.17 bits per heavy atom. The third kappa shape index (κ3) is 2.67. The molecule has 3 rings (SSSR count). The Kier molecular flexibility index (Phi) is 4.03. The maximum Gasteiger partial charge on any atom is 0.261 e. The molecule has 1 aliphatic heterocycles. The van der Waals surface area contributed by atoms with Crippen molar-refractivity contribution < 1.29 is 9.53 Å². The molecular formula is C14H21N7O2. The first-order valence-corrected chi connectivity index (χ1v) is 7.40. The lowest BCUT2D eigenvalue weighted by molar-refractivity contribution is 0.0777. The molecule has 0 unspecified atom stereocenters. The molecule has 0 aromatic carbocycles. The van der Waals surface area contributed by atoms with Gasteiger partial charge < -0.3 is 14.5 Å². The lowest BCUT2D eigenvalue weighted by Crippen LogP contribution is -2.37. The highest BCUT2D eigenvalue weighted by molar-refractivity contribution is 5.96. The molecule has 1 aliphatic rings. The van der Waals surface area contributed by atoms with Crippen LogP contribution in [0.3, 0.4) is 0 Å². The minimum Gasteiger partial charge on any atom is -0.481 e. The molecule has 9 heteroatoms. The van der Waals surface area contributed by atoms with Gasteiger partial charge in [-0.05, 0) is 14.1 Å². The third-order valence-corrected chi connectivity index (χ3v) is 4.30. The summed E-state index contributed by atoms with van der Waals surface area (Å²) in [5.41, 5.74) is 0.478. The second kappa shape index (κ2) is 5.99. The molecule has 9 nitrogen and oxygen atoms in total. The van der Waals surface area contributed by atoms with Gasteiger partial charge in [-0.1, -0.05) is 5.21 Å². The van der Waals surface area contributed by atoms with E-state index in [1.165, 1.54) is 0 Å². The summed E-state index contributed by atoms with van der Waals surface area (Å²) in [6.07, 6.45) is 5.04. The molecule has 2 aromatic rings. The average molecular weight is 319 g/mol. The van der Waals surface area contributed by atoms with Gasteiger partial charge in [0.05, 0.1) is 31.6 Å². The Balaban J connectivity index is 1.85. The molecule has 1 fully saturated rings. The molecule has 1 amide bonds. The van der Waals surface area contributed by atoms with Crippen LogP contribution < -0.4 is 4.74 Å². The summed E-state index contributed by atoms with van der Waals surface area (Å²) in [6.45, 7) is 1.19. The van der Waals surface area contributed by atoms with Gasteiger partial charge in [0.15, 0.2) is 0 Å². The number of carbonyl (C=O) groups excluding carboxylic acids is 1. The number of hydrogen-bond acceptors (Lipinski definition) is 6. The Labute approximate surface area is 134 Å². The normalized spacial score (nSPS) is 21.2. The van der Waals surface area contributed by atoms with Crippen molar-refractivity contribution in [3.8, 4) is 5.88 Å². The fourth-order valence-electron chi connectivity index (χ4n) is 3.08. The first kappa shape index (κ1) is 15.5. The Bertz CT molecular complexity index is 679. The highest BCUT2D eigenvalue weighted by Gasteiger charge is 2.39. The van der Waals surface area contributed by atoms with E-state index in [0.717, 1.165) is 0 Å². The fourth-order valence-corrected chi connectivity index (χ4v) is 3.08. The van der Waals surface area contributed by atoms with Crippen LogP contribution in [0.1, 0.15) is 16.4 Å². The van der Waals surface area contributed by atoms with Crippen molar-refractivity contribution in [1.82, 2.24) is 34.6 Å². The van der Waals surface area contributed by atoms with Crippen LogP contribution in [0, 0.1) is 0 Å². The SMILES string of the molecule is COc1c(C(=O)N2C[C@@H](N(C)C)[C@@H](n3ccnn3)C2)cnn1C. The number of likely N-dealkylation sites (tertiary alicyclic amines) is 1. The minimum atomic E-state index is -0.0792. The van der Waals surface area contributed by atoms with Crippen molar-refractivity contribution >= 4 is 5.91 Å². The summed E-state index contributed by atoms with van der Waals surface area (Å²) in [5, 5.41) is 12.1. The number of rotatable bonds is 4. The molecule has 0 spiro atoms. The van der Waals surface area contributed by atoms with Crippen molar-refractivity contribution in [3.63, 3.8) is 0 Å². The number of carbonyl (C=O) groups is 1. The van der Waals surface area contributed by atoms with Crippen LogP contribution in [-0.2, 0) is 7.05 Å². The van der Waals surface area contributed by atoms with Crippen LogP contribution >= 0.6 is 0 Å². The smallest absolute Gasteiger partial charge is 0.261 e. The molecule has 0 saturated carbocycles. The number of hydrogen-bond donors (Lipinski definition) is 0. The minimum absolute atomic E-state index is 0.0686. The average Bonchev–Trinajstić information content (AvgIpc) is 3.24. The Morgan fingerprint density at radius 1 is 1.39 bits per heavy atom. The summed E-state index contributed by atoms with van der Waals surface area (Å²) in [4.78, 5) is 16.8. The van der Waals surface area contributed by atoms with Gasteiger partial charge in [-0.2, -0.15) is 5.10 Å². The maximum absolute atomic E-state index is 12.9. The zero-order valence-electron chi connectivity index (χ0n) is 13.7. The lowest BCUT2D eigenvalue weighted by atomic mass is 10.1. The highest BCUT2D eigenvalue weighted by Crippen LogP contribution is 2.27. The molecular weight excluding hydrogens is 298 g/mol. The van der Waals surface area contributed by atoms with Gasteiger partial charge in [-0.25, -0.2) is 9.36 Å². The lowest BCUT2D eigenvalue weighted by Gasteiger charge is -2.24. The molecule has 0 radical (unpaired) electrons. The zero-order chi connectivity index (χ0) is 16.6. The molecule has 124 valence electrons. The van der Waals surface area contributed by atoms with E-state index in [9.17, 15) is 4.79 Å². The Morgan fingerprint density at radius 3 is 2.78 bits per heavy atom. The van der Waals surface area contributed by atoms with E-state index in [-0.39, 0.29) is 18.0 Å². The van der Waals surface area contributed by atoms with Gasteiger partial charge in [0, 0.05) is 26.3 Å². The molecule has 0 aliphatic carbocycles. The number of aromatic nitrogens is 5. The number of aryl methyl sites for hydroxylation is 1. The standard InChI is InChI=1S/C14H21N7O2/c1-18(2)11-8-20(9-12(11)21-6-5-15-17-21)13(22)10-7-16-19(3)14(10)23-4/h5-7,11-12H,8-9H2,1-4H3/t11-,12+/m1/s1. The van der Waals surface area contributed by atoms with Gasteiger partial charge >= 0.3 is 0 Å². The van der Waals surface area contributed by atoms with Crippen molar-refractivity contribution in [2.24, 2.45) is 7.05 Å². The summed E-state index contributed by atoms with van der Waals surface area (Å²) in [5.74, 6) is 0.394. The summed E-state index contributed by atoms with van der Waals surface area (Å²) in [7, 11) is 7.31. The van der Waals surface area contributed by atoms with E-state index >= 15 is 0 Å². The van der Waals surface area contributed by atoms with Crippen LogP contribution in [0.4, 0.5) is 0 Å². The third-order valence-electron chi connectivity index (χ3n) is 4.30. The molecule has 0 bridgehead atoms. The van der Waals surface area contributed by atoms with Gasteiger partial charge in [0.1, 0.15) is 5.56 Å². The quantitative estimate of drug-likeness (QED) is 0.766. The molecule has 1 saturated heterocycles. The number of nitrogens with zero attached hydrogens (tertiary/aromatic N) is 7. The van der Waals surface area contributed by atoms with Gasteiger partial charge in [-0.3, -0.25) is 4.79 Å². The van der Waals surface area contributed by atoms with Crippen LogP contribution in [0.2, 0.25) is 0 Å². The zero-order valence-corrected chi connectivity index (χ0v) is 13.7. The Hall–Kier alpha value is -2.42. The van der Waals surface area contributed by atoms with Crippen LogP contribution in [0.15, 0.2) is 18.6 Å². The van der Waals surface area contributed by atoms with E-state index in [1.807, 2.05) is 29.9 Å². The van der Waals surface area contributed by atoms with Crippen molar-refractivity contribution in [1.29, 1.82) is 0 Å². The molecule has 3 heterocycles. The van der Waals surface area contributed by atoms with Crippen molar-refractivity contribution in [3.05, 3.63) is 24.2 Å². The fraction of sp³-hybridized carbons (Fsp3) is 0.571. The molecule has 0 N–H and O–H groups in total. The van der Waals surface area contributed by atoms with E-state index in [4.69, 9.17) is 4.74 Å². The second-order valence-electron chi connectivity index (χ2n) is 5.88. The molecule has 2 atom stereocenters. The van der Waals surface area contributed by atoms with Crippen LogP contribution in [0.5, 0.6) is 5.88 Å². The van der Waals surface area contributed by atoms with E-state index in [0.29, 0.717) is 24.5 Å². The number of amides is 1. The summed E-state index contributed by atoms with van der Waals surface area (Å²) < 4.78 is 8.66. The predicted molar refractivity (Wildman–Crippen MR) is 82.2 cm³/mol. The molecule has 2 aromatic heterocycles.